The molecule has 1 aromatic rings. The van der Waals surface area contributed by atoms with E-state index in [4.69, 9.17) is 0 Å². The Morgan fingerprint density at radius 2 is 1.42 bits per heavy atom. The number of ketones is 1. The van der Waals surface area contributed by atoms with Crippen LogP contribution in [-0.2, 0) is 12.4 Å². The van der Waals surface area contributed by atoms with Crippen LogP contribution in [0.2, 0.25) is 0 Å². The van der Waals surface area contributed by atoms with E-state index in [1.807, 2.05) is 13.8 Å². The number of carbonyl (C=O) groups excluding carboxylic acids is 1. The summed E-state index contributed by atoms with van der Waals surface area (Å²) in [5.74, 6) is -0.939. The van der Waals surface area contributed by atoms with Crippen LogP contribution in [0.1, 0.15) is 42.3 Å². The van der Waals surface area contributed by atoms with Crippen molar-refractivity contribution in [2.45, 2.75) is 33.1 Å². The Morgan fingerprint density at radius 3 is 1.74 bits per heavy atom. The van der Waals surface area contributed by atoms with Crippen LogP contribution in [0, 0.1) is 0 Å². The van der Waals surface area contributed by atoms with Crippen molar-refractivity contribution >= 4 is 5.78 Å². The number of hydrogen-bond donors (Lipinski definition) is 0. The Morgan fingerprint density at radius 1 is 0.947 bits per heavy atom. The number of halogens is 6. The topological polar surface area (TPSA) is 17.1 Å². The zero-order valence-corrected chi connectivity index (χ0v) is 10.4. The fraction of sp³-hybridized carbons (Fsp3) is 0.417. The summed E-state index contributed by atoms with van der Waals surface area (Å²) in [4.78, 5) is 10.9. The maximum Gasteiger partial charge on any atom is 0.417 e. The molecule has 0 saturated heterocycles. The molecule has 0 aliphatic carbocycles. The number of alkyl halides is 6. The molecule has 1 aromatic carbocycles. The molecular formula is C12H12F6O. The summed E-state index contributed by atoms with van der Waals surface area (Å²) in [6.45, 7) is 4.86. The zero-order valence-electron chi connectivity index (χ0n) is 10.4. The number of carbonyl (C=O) groups is 1. The van der Waals surface area contributed by atoms with Crippen molar-refractivity contribution in [3.8, 4) is 0 Å². The molecule has 0 N–H and O–H groups in total. The lowest BCUT2D eigenvalue weighted by atomic mass is 10.0. The molecule has 0 heterocycles. The third-order valence-electron chi connectivity index (χ3n) is 2.03. The third-order valence-corrected chi connectivity index (χ3v) is 2.03. The average Bonchev–Trinajstić information content (AvgIpc) is 2.28. The van der Waals surface area contributed by atoms with Gasteiger partial charge in [0.25, 0.3) is 0 Å². The Bertz CT molecular complexity index is 445. The third kappa shape index (κ3) is 4.57. The second-order valence-corrected chi connectivity index (χ2v) is 3.31. The molecule has 0 atom stereocenters. The summed E-state index contributed by atoms with van der Waals surface area (Å²) in [5, 5.41) is 0. The van der Waals surface area contributed by atoms with Crippen molar-refractivity contribution in [2.75, 3.05) is 0 Å². The van der Waals surface area contributed by atoms with Crippen molar-refractivity contribution in [1.29, 1.82) is 0 Å². The first-order chi connectivity index (χ1) is 8.53. The lowest BCUT2D eigenvalue weighted by Crippen LogP contribution is -2.15. The van der Waals surface area contributed by atoms with E-state index in [0.29, 0.717) is 12.1 Å². The predicted octanol–water partition coefficient (Wildman–Crippen LogP) is 4.95. The molecule has 0 aliphatic rings. The van der Waals surface area contributed by atoms with Crippen LogP contribution in [0.4, 0.5) is 26.3 Å². The minimum absolute atomic E-state index is 0.0588. The zero-order chi connectivity index (χ0) is 15.4. The molecule has 0 amide bonds. The van der Waals surface area contributed by atoms with Gasteiger partial charge >= 0.3 is 12.4 Å². The van der Waals surface area contributed by atoms with Crippen LogP contribution in [0.15, 0.2) is 18.2 Å². The molecule has 1 rings (SSSR count). The predicted molar refractivity (Wildman–Crippen MR) is 57.8 cm³/mol. The van der Waals surface area contributed by atoms with Crippen LogP contribution in [0.25, 0.3) is 0 Å². The van der Waals surface area contributed by atoms with Gasteiger partial charge in [-0.25, -0.2) is 0 Å². The van der Waals surface area contributed by atoms with E-state index in [9.17, 15) is 31.1 Å². The van der Waals surface area contributed by atoms with Crippen LogP contribution in [0.5, 0.6) is 0 Å². The van der Waals surface area contributed by atoms with E-state index >= 15 is 0 Å². The molecule has 1 nitrogen and oxygen atoms in total. The molecule has 0 saturated carbocycles. The lowest BCUT2D eigenvalue weighted by Gasteiger charge is -2.14. The van der Waals surface area contributed by atoms with E-state index in [1.165, 1.54) is 0 Å². The normalized spacial score (nSPS) is 11.6. The van der Waals surface area contributed by atoms with Crippen molar-refractivity contribution in [2.24, 2.45) is 0 Å². The first kappa shape index (κ1) is 17.5. The van der Waals surface area contributed by atoms with Gasteiger partial charge in [0.15, 0.2) is 5.78 Å². The fourth-order valence-corrected chi connectivity index (χ4v) is 1.26. The minimum Gasteiger partial charge on any atom is -0.294 e. The van der Waals surface area contributed by atoms with Gasteiger partial charge in [-0.2, -0.15) is 26.3 Å². The van der Waals surface area contributed by atoms with Gasteiger partial charge < -0.3 is 0 Å². The molecule has 0 unspecified atom stereocenters. The molecule has 7 heteroatoms. The fourth-order valence-electron chi connectivity index (χ4n) is 1.26. The van der Waals surface area contributed by atoms with E-state index in [-0.39, 0.29) is 6.07 Å². The molecule has 19 heavy (non-hydrogen) atoms. The van der Waals surface area contributed by atoms with Crippen molar-refractivity contribution in [1.82, 2.24) is 0 Å². The summed E-state index contributed by atoms with van der Waals surface area (Å²) < 4.78 is 74.1. The summed E-state index contributed by atoms with van der Waals surface area (Å²) >= 11 is 0. The summed E-state index contributed by atoms with van der Waals surface area (Å²) in [6.07, 6.45) is -9.88. The molecule has 0 aliphatic heterocycles. The molecule has 0 radical (unpaired) electrons. The highest BCUT2D eigenvalue weighted by atomic mass is 19.4. The minimum atomic E-state index is -5.00. The number of Topliss-reactive ketones (excluding diaryl/α,β-unsaturated/α-hetero) is 1. The van der Waals surface area contributed by atoms with Crippen LogP contribution in [-0.4, -0.2) is 5.78 Å². The van der Waals surface area contributed by atoms with E-state index < -0.39 is 34.8 Å². The molecule has 0 bridgehead atoms. The van der Waals surface area contributed by atoms with Gasteiger partial charge in [0.1, 0.15) is 0 Å². The van der Waals surface area contributed by atoms with Crippen LogP contribution in [0.3, 0.4) is 0 Å². The molecule has 0 aromatic heterocycles. The van der Waals surface area contributed by atoms with E-state index in [2.05, 4.69) is 0 Å². The Kier molecular flexibility index (Phi) is 5.59. The average molecular weight is 286 g/mol. The van der Waals surface area contributed by atoms with Crippen LogP contribution < -0.4 is 0 Å². The second kappa shape index (κ2) is 6.08. The molecule has 108 valence electrons. The van der Waals surface area contributed by atoms with Gasteiger partial charge in [-0.15, -0.1) is 0 Å². The van der Waals surface area contributed by atoms with Gasteiger partial charge in [0.05, 0.1) is 11.1 Å². The maximum absolute atomic E-state index is 12.5. The number of rotatable bonds is 1. The summed E-state index contributed by atoms with van der Waals surface area (Å²) in [6, 6.07) is 0.927. The van der Waals surface area contributed by atoms with Gasteiger partial charge in [0.2, 0.25) is 0 Å². The maximum atomic E-state index is 12.5. The highest BCUT2D eigenvalue weighted by molar-refractivity contribution is 5.95. The Balaban J connectivity index is 0.00000154. The summed E-state index contributed by atoms with van der Waals surface area (Å²) in [7, 11) is 0. The first-order valence-electron chi connectivity index (χ1n) is 5.33. The lowest BCUT2D eigenvalue weighted by molar-refractivity contribution is -0.143. The number of benzene rings is 1. The Labute approximate surface area is 106 Å². The smallest absolute Gasteiger partial charge is 0.294 e. The highest BCUT2D eigenvalue weighted by Crippen LogP contribution is 2.37. The van der Waals surface area contributed by atoms with E-state index in [1.54, 1.807) is 0 Å². The highest BCUT2D eigenvalue weighted by Gasteiger charge is 2.38. The standard InChI is InChI=1S/C10H6F6O.C2H6/c1-5(17)7-3-2-6(9(11,12)13)4-8(7)10(14,15)16;1-2/h2-4H,1H3;1-2H3. The van der Waals surface area contributed by atoms with Gasteiger partial charge in [-0.3, -0.25) is 4.79 Å². The van der Waals surface area contributed by atoms with Gasteiger partial charge in [-0.1, -0.05) is 19.9 Å². The summed E-state index contributed by atoms with van der Waals surface area (Å²) in [5.41, 5.74) is -3.78. The SMILES string of the molecule is CC.CC(=O)c1ccc(C(F)(F)F)cc1C(F)(F)F. The van der Waals surface area contributed by atoms with Crippen LogP contribution >= 0.6 is 0 Å². The number of hydrogen-bond acceptors (Lipinski definition) is 1. The largest absolute Gasteiger partial charge is 0.417 e. The quantitative estimate of drug-likeness (QED) is 0.527. The molecule has 0 fully saturated rings. The van der Waals surface area contributed by atoms with Crippen molar-refractivity contribution in [3.05, 3.63) is 34.9 Å². The molecular weight excluding hydrogens is 274 g/mol. The molecule has 0 spiro atoms. The van der Waals surface area contributed by atoms with Gasteiger partial charge in [-0.05, 0) is 19.1 Å². The van der Waals surface area contributed by atoms with E-state index in [0.717, 1.165) is 6.92 Å². The monoisotopic (exact) mass is 286 g/mol. The van der Waals surface area contributed by atoms with Gasteiger partial charge in [0, 0.05) is 5.56 Å². The Hall–Kier alpha value is -1.53. The first-order valence-corrected chi connectivity index (χ1v) is 5.33. The van der Waals surface area contributed by atoms with Crippen molar-refractivity contribution < 1.29 is 31.1 Å². The second-order valence-electron chi connectivity index (χ2n) is 3.31. The van der Waals surface area contributed by atoms with Crippen molar-refractivity contribution in [3.63, 3.8) is 0 Å².